The molecule has 1 saturated carbocycles. The van der Waals surface area contributed by atoms with Gasteiger partial charge in [-0.25, -0.2) is 4.39 Å². The fraction of sp³-hybridized carbons (Fsp3) is 0.625. The highest BCUT2D eigenvalue weighted by atomic mass is 19.1. The van der Waals surface area contributed by atoms with Crippen LogP contribution in [0, 0.1) is 11.7 Å². The second-order valence-electron chi connectivity index (χ2n) is 6.09. The Labute approximate surface area is 114 Å². The van der Waals surface area contributed by atoms with Crippen molar-refractivity contribution in [3.05, 3.63) is 29.6 Å². The van der Waals surface area contributed by atoms with Crippen molar-refractivity contribution < 1.29 is 4.39 Å². The molecule has 2 unspecified atom stereocenters. The number of nitrogens with zero attached hydrogens (tertiary/aromatic N) is 1. The standard InChI is InChI=1S/C16H23FN2/c1-11(18)14-10-13(17)7-8-16(14)19-9-3-5-12-4-2-6-15(12)19/h7-8,10-12,15H,2-6,9,18H2,1H3/t11-,12?,15?/m1/s1. The van der Waals surface area contributed by atoms with E-state index >= 15 is 0 Å². The maximum atomic E-state index is 13.5. The lowest BCUT2D eigenvalue weighted by Gasteiger charge is -2.41. The molecule has 1 aliphatic heterocycles. The Morgan fingerprint density at radius 3 is 2.84 bits per heavy atom. The van der Waals surface area contributed by atoms with Crippen LogP contribution in [0.3, 0.4) is 0 Å². The SMILES string of the molecule is C[C@@H](N)c1cc(F)ccc1N1CCCC2CCCC21. The summed E-state index contributed by atoms with van der Waals surface area (Å²) >= 11 is 0. The van der Waals surface area contributed by atoms with Gasteiger partial charge >= 0.3 is 0 Å². The van der Waals surface area contributed by atoms with Crippen molar-refractivity contribution in [2.75, 3.05) is 11.4 Å². The monoisotopic (exact) mass is 262 g/mol. The first-order chi connectivity index (χ1) is 9.16. The summed E-state index contributed by atoms with van der Waals surface area (Å²) in [5, 5.41) is 0. The number of benzene rings is 1. The molecular weight excluding hydrogens is 239 g/mol. The summed E-state index contributed by atoms with van der Waals surface area (Å²) in [6, 6.07) is 5.64. The van der Waals surface area contributed by atoms with Gasteiger partial charge in [0.15, 0.2) is 0 Å². The van der Waals surface area contributed by atoms with Crippen LogP contribution in [-0.4, -0.2) is 12.6 Å². The summed E-state index contributed by atoms with van der Waals surface area (Å²) in [5.74, 6) is 0.649. The van der Waals surface area contributed by atoms with E-state index in [0.29, 0.717) is 6.04 Å². The Kier molecular flexibility index (Phi) is 3.48. The molecule has 2 nitrogen and oxygen atoms in total. The predicted molar refractivity (Wildman–Crippen MR) is 76.7 cm³/mol. The van der Waals surface area contributed by atoms with Crippen molar-refractivity contribution in [2.24, 2.45) is 11.7 Å². The molecular formula is C16H23FN2. The zero-order valence-corrected chi connectivity index (χ0v) is 11.6. The minimum Gasteiger partial charge on any atom is -0.368 e. The lowest BCUT2D eigenvalue weighted by molar-refractivity contribution is 0.361. The first-order valence-electron chi connectivity index (χ1n) is 7.48. The van der Waals surface area contributed by atoms with E-state index < -0.39 is 0 Å². The summed E-state index contributed by atoms with van der Waals surface area (Å²) in [6.45, 7) is 3.03. The van der Waals surface area contributed by atoms with E-state index in [4.69, 9.17) is 5.73 Å². The van der Waals surface area contributed by atoms with Crippen molar-refractivity contribution in [1.29, 1.82) is 0 Å². The summed E-state index contributed by atoms with van der Waals surface area (Å²) < 4.78 is 13.5. The van der Waals surface area contributed by atoms with Gasteiger partial charge in [0.05, 0.1) is 0 Å². The van der Waals surface area contributed by atoms with Gasteiger partial charge in [0.25, 0.3) is 0 Å². The highest BCUT2D eigenvalue weighted by Crippen LogP contribution is 2.40. The number of rotatable bonds is 2. The van der Waals surface area contributed by atoms with Crippen LogP contribution in [0.25, 0.3) is 0 Å². The van der Waals surface area contributed by atoms with E-state index in [0.717, 1.165) is 23.7 Å². The molecule has 0 bridgehead atoms. The molecule has 3 rings (SSSR count). The highest BCUT2D eigenvalue weighted by Gasteiger charge is 2.35. The van der Waals surface area contributed by atoms with Crippen molar-refractivity contribution >= 4 is 5.69 Å². The molecule has 0 aromatic heterocycles. The van der Waals surface area contributed by atoms with Gasteiger partial charge in [-0.2, -0.15) is 0 Å². The van der Waals surface area contributed by atoms with Gasteiger partial charge < -0.3 is 10.6 Å². The van der Waals surface area contributed by atoms with Gasteiger partial charge in [-0.05, 0) is 62.3 Å². The molecule has 1 heterocycles. The number of nitrogens with two attached hydrogens (primary N) is 1. The fourth-order valence-electron chi connectivity index (χ4n) is 3.90. The minimum absolute atomic E-state index is 0.118. The molecule has 3 heteroatoms. The number of fused-ring (bicyclic) bond motifs is 1. The van der Waals surface area contributed by atoms with Crippen LogP contribution >= 0.6 is 0 Å². The van der Waals surface area contributed by atoms with Crippen LogP contribution in [0.5, 0.6) is 0 Å². The van der Waals surface area contributed by atoms with E-state index in [9.17, 15) is 4.39 Å². The molecule has 2 aliphatic rings. The largest absolute Gasteiger partial charge is 0.368 e. The Morgan fingerprint density at radius 2 is 2.05 bits per heavy atom. The quantitative estimate of drug-likeness (QED) is 0.882. The molecule has 0 radical (unpaired) electrons. The zero-order chi connectivity index (χ0) is 13.4. The first kappa shape index (κ1) is 12.9. The second kappa shape index (κ2) is 5.12. The molecule has 1 saturated heterocycles. The number of hydrogen-bond acceptors (Lipinski definition) is 2. The molecule has 1 aliphatic carbocycles. The van der Waals surface area contributed by atoms with Crippen molar-refractivity contribution in [2.45, 2.75) is 51.1 Å². The van der Waals surface area contributed by atoms with Crippen molar-refractivity contribution in [3.63, 3.8) is 0 Å². The summed E-state index contributed by atoms with van der Waals surface area (Å²) in [6.07, 6.45) is 6.57. The van der Waals surface area contributed by atoms with Crippen molar-refractivity contribution in [3.8, 4) is 0 Å². The third-order valence-corrected chi connectivity index (χ3v) is 4.78. The maximum Gasteiger partial charge on any atom is 0.123 e. The second-order valence-corrected chi connectivity index (χ2v) is 6.09. The van der Waals surface area contributed by atoms with E-state index in [2.05, 4.69) is 4.90 Å². The summed E-state index contributed by atoms with van der Waals surface area (Å²) in [4.78, 5) is 2.50. The lowest BCUT2D eigenvalue weighted by atomic mass is 9.90. The molecule has 0 amide bonds. The number of anilines is 1. The van der Waals surface area contributed by atoms with Crippen LogP contribution in [0.15, 0.2) is 18.2 Å². The molecule has 3 atom stereocenters. The summed E-state index contributed by atoms with van der Waals surface area (Å²) in [5.41, 5.74) is 8.15. The molecule has 2 N–H and O–H groups in total. The van der Waals surface area contributed by atoms with E-state index in [1.165, 1.54) is 32.1 Å². The molecule has 1 aromatic rings. The van der Waals surface area contributed by atoms with Crippen molar-refractivity contribution in [1.82, 2.24) is 0 Å². The lowest BCUT2D eigenvalue weighted by Crippen LogP contribution is -2.43. The van der Waals surface area contributed by atoms with Crippen LogP contribution in [-0.2, 0) is 0 Å². The van der Waals surface area contributed by atoms with Gasteiger partial charge in [-0.1, -0.05) is 6.42 Å². The Hall–Kier alpha value is -1.09. The number of hydrogen-bond donors (Lipinski definition) is 1. The topological polar surface area (TPSA) is 29.3 Å². The third-order valence-electron chi connectivity index (χ3n) is 4.78. The Morgan fingerprint density at radius 1 is 1.26 bits per heavy atom. The van der Waals surface area contributed by atoms with Gasteiger partial charge in [-0.15, -0.1) is 0 Å². The predicted octanol–water partition coefficient (Wildman–Crippen LogP) is 3.61. The van der Waals surface area contributed by atoms with Gasteiger partial charge in [0.1, 0.15) is 5.82 Å². The first-order valence-corrected chi connectivity index (χ1v) is 7.48. The third kappa shape index (κ3) is 2.36. The van der Waals surface area contributed by atoms with E-state index in [-0.39, 0.29) is 11.9 Å². The normalized spacial score (nSPS) is 28.3. The number of piperidine rings is 1. The molecule has 19 heavy (non-hydrogen) atoms. The van der Waals surface area contributed by atoms with Crippen LogP contribution in [0.4, 0.5) is 10.1 Å². The maximum absolute atomic E-state index is 13.5. The average Bonchev–Trinajstić information content (AvgIpc) is 2.86. The number of halogens is 1. The van der Waals surface area contributed by atoms with E-state index in [1.54, 1.807) is 12.1 Å². The zero-order valence-electron chi connectivity index (χ0n) is 11.6. The molecule has 1 aromatic carbocycles. The van der Waals surface area contributed by atoms with E-state index in [1.807, 2.05) is 13.0 Å². The average molecular weight is 262 g/mol. The van der Waals surface area contributed by atoms with Gasteiger partial charge in [-0.3, -0.25) is 0 Å². The van der Waals surface area contributed by atoms with Crippen LogP contribution in [0.1, 0.15) is 50.6 Å². The molecule has 104 valence electrons. The Bertz CT molecular complexity index is 458. The Balaban J connectivity index is 1.96. The molecule has 0 spiro atoms. The minimum atomic E-state index is -0.184. The van der Waals surface area contributed by atoms with Crippen LogP contribution in [0.2, 0.25) is 0 Å². The fourth-order valence-corrected chi connectivity index (χ4v) is 3.90. The van der Waals surface area contributed by atoms with Gasteiger partial charge in [0.2, 0.25) is 0 Å². The molecule has 2 fully saturated rings. The summed E-state index contributed by atoms with van der Waals surface area (Å²) in [7, 11) is 0. The highest BCUT2D eigenvalue weighted by molar-refractivity contribution is 5.56. The van der Waals surface area contributed by atoms with Crippen LogP contribution < -0.4 is 10.6 Å². The van der Waals surface area contributed by atoms with Gasteiger partial charge in [0, 0.05) is 24.3 Å². The smallest absolute Gasteiger partial charge is 0.123 e.